The molecule has 3 aromatic rings. The minimum atomic E-state index is -4.53. The van der Waals surface area contributed by atoms with Gasteiger partial charge in [-0.2, -0.15) is 13.2 Å². The third-order valence-electron chi connectivity index (χ3n) is 9.39. The van der Waals surface area contributed by atoms with E-state index in [1.165, 1.54) is 12.3 Å². The second-order valence-electron chi connectivity index (χ2n) is 11.9. The molecule has 4 aliphatic rings. The van der Waals surface area contributed by atoms with Gasteiger partial charge in [0.1, 0.15) is 11.4 Å². The highest BCUT2D eigenvalue weighted by Crippen LogP contribution is 2.62. The number of hydrogen-bond donors (Lipinski definition) is 3. The van der Waals surface area contributed by atoms with E-state index in [4.69, 9.17) is 16.3 Å². The fourth-order valence-corrected chi connectivity index (χ4v) is 7.41. The second kappa shape index (κ2) is 10.0. The number of alkyl halides is 3. The van der Waals surface area contributed by atoms with Crippen LogP contribution in [0.4, 0.5) is 24.5 Å². The van der Waals surface area contributed by atoms with Gasteiger partial charge in [0.2, 0.25) is 0 Å². The van der Waals surface area contributed by atoms with Gasteiger partial charge in [-0.05, 0) is 65.1 Å². The lowest BCUT2D eigenvalue weighted by molar-refractivity contribution is -0.153. The summed E-state index contributed by atoms with van der Waals surface area (Å²) in [7, 11) is 0. The number of benzene rings is 2. The van der Waals surface area contributed by atoms with E-state index in [0.717, 1.165) is 11.4 Å². The number of aromatic nitrogens is 1. The standard InChI is InChI=1S/C30H28ClF3N6O3/c1-29-14-40(13-22(29)20-11-39(12-21(20)29)27(41)17-4-7-23-24(8-17)37-38-36-23)28(42)25-9-19(16-2-5-18(31)6-3-16)26(10-35-25)43-15-30(32,33)34/h2-10,20-22,36-38H,11-15H2,1H3/t20-,21+,22+,29-/m1/s1. The Balaban J connectivity index is 1.07. The van der Waals surface area contributed by atoms with Crippen molar-refractivity contribution in [1.82, 2.24) is 20.3 Å². The van der Waals surface area contributed by atoms with Gasteiger partial charge in [-0.15, -0.1) is 5.53 Å². The zero-order valence-electron chi connectivity index (χ0n) is 23.0. The number of halogens is 4. The van der Waals surface area contributed by atoms with Crippen LogP contribution in [0.2, 0.25) is 5.02 Å². The molecular weight excluding hydrogens is 585 g/mol. The fraction of sp³-hybridized carbons (Fsp3) is 0.367. The molecule has 0 bridgehead atoms. The van der Waals surface area contributed by atoms with Crippen LogP contribution in [0, 0.1) is 23.2 Å². The lowest BCUT2D eigenvalue weighted by Gasteiger charge is -2.52. The van der Waals surface area contributed by atoms with Crippen molar-refractivity contribution in [3.8, 4) is 16.9 Å². The predicted octanol–water partition coefficient (Wildman–Crippen LogP) is 5.08. The first-order valence-electron chi connectivity index (χ1n) is 14.0. The highest BCUT2D eigenvalue weighted by atomic mass is 35.5. The quantitative estimate of drug-likeness (QED) is 0.370. The van der Waals surface area contributed by atoms with E-state index in [9.17, 15) is 22.8 Å². The number of carbonyl (C=O) groups is 2. The predicted molar refractivity (Wildman–Crippen MR) is 153 cm³/mol. The van der Waals surface area contributed by atoms with Crippen molar-refractivity contribution in [2.24, 2.45) is 23.2 Å². The molecule has 2 saturated heterocycles. The van der Waals surface area contributed by atoms with Crippen LogP contribution in [-0.2, 0) is 0 Å². The third-order valence-corrected chi connectivity index (χ3v) is 9.65. The maximum atomic E-state index is 13.7. The number of hydrogen-bond acceptors (Lipinski definition) is 7. The summed E-state index contributed by atoms with van der Waals surface area (Å²) in [5.41, 5.74) is 12.0. The molecule has 0 spiro atoms. The van der Waals surface area contributed by atoms with Gasteiger partial charge in [-0.3, -0.25) is 9.59 Å². The molecule has 0 unspecified atom stereocenters. The van der Waals surface area contributed by atoms with E-state index >= 15 is 0 Å². The van der Waals surface area contributed by atoms with Crippen molar-refractivity contribution in [1.29, 1.82) is 0 Å². The number of nitrogens with one attached hydrogen (secondary N) is 3. The third kappa shape index (κ3) is 4.82. The SMILES string of the molecule is C[C@]12CN(C(=O)c3cc(-c4ccc(Cl)cc4)c(OCC(F)(F)F)cn3)C[C@H]1[C@@H]1CN(C(=O)c3ccc4c(c3)NNN4)C[C@@H]12. The second-order valence-corrected chi connectivity index (χ2v) is 12.3. The van der Waals surface area contributed by atoms with Crippen LogP contribution in [-0.4, -0.2) is 65.6 Å². The van der Waals surface area contributed by atoms with Crippen LogP contribution >= 0.6 is 11.6 Å². The van der Waals surface area contributed by atoms with Gasteiger partial charge < -0.3 is 25.4 Å². The van der Waals surface area contributed by atoms with Crippen LogP contribution in [0.15, 0.2) is 54.7 Å². The largest absolute Gasteiger partial charge is 0.482 e. The summed E-state index contributed by atoms with van der Waals surface area (Å²) in [6.07, 6.45) is -3.35. The Kier molecular flexibility index (Phi) is 6.47. The molecular formula is C30H28ClF3N6O3. The van der Waals surface area contributed by atoms with E-state index in [-0.39, 0.29) is 40.5 Å². The van der Waals surface area contributed by atoms with Gasteiger partial charge in [0.25, 0.3) is 11.8 Å². The highest BCUT2D eigenvalue weighted by molar-refractivity contribution is 6.30. The first kappa shape index (κ1) is 27.8. The van der Waals surface area contributed by atoms with Crippen LogP contribution in [0.5, 0.6) is 5.75 Å². The van der Waals surface area contributed by atoms with Crippen molar-refractivity contribution in [2.45, 2.75) is 13.1 Å². The highest BCUT2D eigenvalue weighted by Gasteiger charge is 2.66. The zero-order chi connectivity index (χ0) is 30.1. The zero-order valence-corrected chi connectivity index (χ0v) is 23.8. The number of hydrazine groups is 2. The summed E-state index contributed by atoms with van der Waals surface area (Å²) >= 11 is 6.01. The van der Waals surface area contributed by atoms with Gasteiger partial charge in [0, 0.05) is 42.3 Å². The molecule has 3 N–H and O–H groups in total. The van der Waals surface area contributed by atoms with Crippen LogP contribution in [0.1, 0.15) is 27.8 Å². The Morgan fingerprint density at radius 3 is 2.47 bits per heavy atom. The lowest BCUT2D eigenvalue weighted by Crippen LogP contribution is -2.53. The molecule has 1 saturated carbocycles. The van der Waals surface area contributed by atoms with E-state index in [1.807, 2.05) is 23.1 Å². The number of pyridine rings is 1. The topological polar surface area (TPSA) is 98.8 Å². The maximum absolute atomic E-state index is 13.7. The molecule has 43 heavy (non-hydrogen) atoms. The summed E-state index contributed by atoms with van der Waals surface area (Å²) in [6.45, 7) is 3.01. The van der Waals surface area contributed by atoms with Crippen molar-refractivity contribution in [2.75, 3.05) is 43.6 Å². The van der Waals surface area contributed by atoms with Crippen molar-refractivity contribution < 1.29 is 27.5 Å². The van der Waals surface area contributed by atoms with E-state index in [0.29, 0.717) is 53.8 Å². The summed E-state index contributed by atoms with van der Waals surface area (Å²) in [5.74, 6) is 0.429. The van der Waals surface area contributed by atoms with Gasteiger partial charge in [-0.25, -0.2) is 4.98 Å². The monoisotopic (exact) mass is 612 g/mol. The van der Waals surface area contributed by atoms with E-state index < -0.39 is 12.8 Å². The van der Waals surface area contributed by atoms with E-state index in [2.05, 4.69) is 28.3 Å². The molecule has 13 heteroatoms. The molecule has 1 aromatic heterocycles. The van der Waals surface area contributed by atoms with E-state index in [1.54, 1.807) is 29.2 Å². The number of likely N-dealkylation sites (tertiary alicyclic amines) is 2. The molecule has 9 nitrogen and oxygen atoms in total. The van der Waals surface area contributed by atoms with Crippen LogP contribution in [0.25, 0.3) is 11.1 Å². The summed E-state index contributed by atoms with van der Waals surface area (Å²) in [6, 6.07) is 13.5. The van der Waals surface area contributed by atoms with Gasteiger partial charge in [-0.1, -0.05) is 30.7 Å². The normalized spacial score (nSPS) is 25.3. The first-order valence-corrected chi connectivity index (χ1v) is 14.3. The maximum Gasteiger partial charge on any atom is 0.422 e. The molecule has 0 radical (unpaired) electrons. The first-order chi connectivity index (χ1) is 20.5. The summed E-state index contributed by atoms with van der Waals surface area (Å²) in [4.78, 5) is 34.9. The number of fused-ring (bicyclic) bond motifs is 5. The molecule has 2 aromatic carbocycles. The average Bonchev–Trinajstić information content (AvgIpc) is 3.70. The van der Waals surface area contributed by atoms with Crippen LogP contribution in [0.3, 0.4) is 0 Å². The lowest BCUT2D eigenvalue weighted by atomic mass is 9.50. The Morgan fingerprint density at radius 1 is 1.00 bits per heavy atom. The molecule has 7 rings (SSSR count). The minimum absolute atomic E-state index is 0.00716. The number of rotatable bonds is 5. The molecule has 224 valence electrons. The Labute approximate surface area is 250 Å². The smallest absolute Gasteiger partial charge is 0.422 e. The van der Waals surface area contributed by atoms with Crippen molar-refractivity contribution >= 4 is 34.8 Å². The van der Waals surface area contributed by atoms with Crippen molar-refractivity contribution in [3.05, 3.63) is 71.0 Å². The average molecular weight is 613 g/mol. The Morgan fingerprint density at radius 2 is 1.72 bits per heavy atom. The molecule has 3 fully saturated rings. The summed E-state index contributed by atoms with van der Waals surface area (Å²) in [5, 5.41) is 0.470. The Bertz CT molecular complexity index is 1620. The Hall–Kier alpha value is -4.03. The molecule has 3 aliphatic heterocycles. The van der Waals surface area contributed by atoms with Crippen molar-refractivity contribution in [3.63, 3.8) is 0 Å². The molecule has 4 heterocycles. The number of amides is 2. The molecule has 1 aliphatic carbocycles. The van der Waals surface area contributed by atoms with Gasteiger partial charge in [0.05, 0.1) is 17.6 Å². The fourth-order valence-electron chi connectivity index (χ4n) is 7.28. The minimum Gasteiger partial charge on any atom is -0.482 e. The number of carbonyl (C=O) groups excluding carboxylic acids is 2. The number of anilines is 2. The van der Waals surface area contributed by atoms with Gasteiger partial charge >= 0.3 is 6.18 Å². The van der Waals surface area contributed by atoms with Gasteiger partial charge in [0.15, 0.2) is 6.61 Å². The number of ether oxygens (including phenoxy) is 1. The molecule has 2 amide bonds. The summed E-state index contributed by atoms with van der Waals surface area (Å²) < 4.78 is 43.8. The number of nitrogens with zero attached hydrogens (tertiary/aromatic N) is 3. The van der Waals surface area contributed by atoms with Crippen LogP contribution < -0.4 is 21.1 Å². The molecule has 4 atom stereocenters.